The van der Waals surface area contributed by atoms with Crippen LogP contribution in [0.1, 0.15) is 21.5 Å². The van der Waals surface area contributed by atoms with Gasteiger partial charge in [-0.2, -0.15) is 17.5 Å². The van der Waals surface area contributed by atoms with E-state index in [4.69, 9.17) is 0 Å². The van der Waals surface area contributed by atoms with Crippen molar-refractivity contribution in [3.05, 3.63) is 65.2 Å². The maximum Gasteiger partial charge on any atom is 0.405 e. The smallest absolute Gasteiger partial charge is 0.343 e. The van der Waals surface area contributed by atoms with Gasteiger partial charge in [-0.25, -0.2) is 8.42 Å². The fraction of sp³-hybridized carbons (Fsp3) is 0.278. The van der Waals surface area contributed by atoms with E-state index in [9.17, 15) is 26.4 Å². The van der Waals surface area contributed by atoms with E-state index in [1.54, 1.807) is 5.32 Å². The largest absolute Gasteiger partial charge is 0.405 e. The van der Waals surface area contributed by atoms with Crippen LogP contribution < -0.4 is 5.32 Å². The summed E-state index contributed by atoms with van der Waals surface area (Å²) in [6, 6.07) is 12.1. The van der Waals surface area contributed by atoms with E-state index in [0.29, 0.717) is 0 Å². The van der Waals surface area contributed by atoms with E-state index in [-0.39, 0.29) is 17.0 Å². The number of carbonyl (C=O) groups is 1. The van der Waals surface area contributed by atoms with Gasteiger partial charge in [0.25, 0.3) is 5.91 Å². The molecule has 0 aliphatic heterocycles. The zero-order valence-electron chi connectivity index (χ0n) is 14.7. The second-order valence-corrected chi connectivity index (χ2v) is 8.05. The molecular weight excluding hydrogens is 381 g/mol. The van der Waals surface area contributed by atoms with Crippen molar-refractivity contribution in [2.75, 3.05) is 13.6 Å². The van der Waals surface area contributed by atoms with E-state index < -0.39 is 28.7 Å². The molecule has 0 unspecified atom stereocenters. The van der Waals surface area contributed by atoms with E-state index in [0.717, 1.165) is 11.1 Å². The Labute approximate surface area is 155 Å². The van der Waals surface area contributed by atoms with Crippen LogP contribution in [0.4, 0.5) is 13.2 Å². The summed E-state index contributed by atoms with van der Waals surface area (Å²) in [5, 5.41) is 1.73. The number of carbonyl (C=O) groups excluding carboxylic acids is 1. The lowest BCUT2D eigenvalue weighted by Crippen LogP contribution is -2.33. The van der Waals surface area contributed by atoms with Crippen LogP contribution in [0.15, 0.2) is 53.4 Å². The molecule has 0 bridgehead atoms. The lowest BCUT2D eigenvalue weighted by Gasteiger charge is -2.18. The second-order valence-electron chi connectivity index (χ2n) is 6.01. The lowest BCUT2D eigenvalue weighted by molar-refractivity contribution is -0.123. The Hall–Kier alpha value is -2.39. The summed E-state index contributed by atoms with van der Waals surface area (Å²) in [7, 11) is -2.37. The number of rotatable bonds is 6. The van der Waals surface area contributed by atoms with Crippen molar-refractivity contribution in [1.29, 1.82) is 0 Å². The number of nitrogens with zero attached hydrogens (tertiary/aromatic N) is 1. The SMILES string of the molecule is Cc1ccccc1CN(C)S(=O)(=O)c1ccc(C(=O)NCC(F)(F)F)cc1. The molecular formula is C18H19F3N2O3S. The Bertz CT molecular complexity index is 910. The van der Waals surface area contributed by atoms with Crippen LogP contribution in [0.5, 0.6) is 0 Å². The van der Waals surface area contributed by atoms with Crippen LogP contribution in [0.2, 0.25) is 0 Å². The zero-order valence-corrected chi connectivity index (χ0v) is 15.6. The summed E-state index contributed by atoms with van der Waals surface area (Å²) in [5.74, 6) is -0.926. The minimum Gasteiger partial charge on any atom is -0.343 e. The first kappa shape index (κ1) is 20.9. The van der Waals surface area contributed by atoms with Crippen molar-refractivity contribution >= 4 is 15.9 Å². The molecule has 2 aromatic carbocycles. The minimum atomic E-state index is -4.52. The van der Waals surface area contributed by atoms with Crippen LogP contribution in [0.3, 0.4) is 0 Å². The summed E-state index contributed by atoms with van der Waals surface area (Å²) in [5.41, 5.74) is 1.75. The fourth-order valence-electron chi connectivity index (χ4n) is 2.35. The molecule has 5 nitrogen and oxygen atoms in total. The summed E-state index contributed by atoms with van der Waals surface area (Å²) >= 11 is 0. The molecule has 0 heterocycles. The zero-order chi connectivity index (χ0) is 20.2. The van der Waals surface area contributed by atoms with Gasteiger partial charge in [0.1, 0.15) is 6.54 Å². The first-order valence-corrected chi connectivity index (χ1v) is 9.40. The highest BCUT2D eigenvalue weighted by molar-refractivity contribution is 7.89. The summed E-state index contributed by atoms with van der Waals surface area (Å²) in [6.07, 6.45) is -4.52. The minimum absolute atomic E-state index is 0.0500. The molecule has 146 valence electrons. The molecule has 9 heteroatoms. The number of hydrogen-bond acceptors (Lipinski definition) is 3. The number of alkyl halides is 3. The molecule has 1 amide bonds. The first-order valence-electron chi connectivity index (χ1n) is 7.96. The van der Waals surface area contributed by atoms with Crippen LogP contribution in [0, 0.1) is 6.92 Å². The molecule has 0 aromatic heterocycles. The Kier molecular flexibility index (Phi) is 6.27. The summed E-state index contributed by atoms with van der Waals surface area (Å²) < 4.78 is 62.9. The molecule has 0 saturated carbocycles. The summed E-state index contributed by atoms with van der Waals surface area (Å²) in [6.45, 7) is 0.595. The highest BCUT2D eigenvalue weighted by Crippen LogP contribution is 2.19. The molecule has 0 aliphatic carbocycles. The van der Waals surface area contributed by atoms with Gasteiger partial charge in [-0.05, 0) is 42.3 Å². The molecule has 0 radical (unpaired) electrons. The van der Waals surface area contributed by atoms with Gasteiger partial charge in [0.15, 0.2) is 0 Å². The maximum absolute atomic E-state index is 12.7. The van der Waals surface area contributed by atoms with Gasteiger partial charge in [0, 0.05) is 19.2 Å². The predicted molar refractivity (Wildman–Crippen MR) is 94.7 cm³/mol. The fourth-order valence-corrected chi connectivity index (χ4v) is 3.50. The number of benzene rings is 2. The molecule has 0 atom stereocenters. The molecule has 0 aliphatic rings. The Morgan fingerprint density at radius 1 is 1.07 bits per heavy atom. The predicted octanol–water partition coefficient (Wildman–Crippen LogP) is 3.11. The molecule has 2 aromatic rings. The van der Waals surface area contributed by atoms with Gasteiger partial charge in [-0.15, -0.1) is 0 Å². The second kappa shape index (κ2) is 8.10. The van der Waals surface area contributed by atoms with Crippen molar-refractivity contribution in [3.8, 4) is 0 Å². The van der Waals surface area contributed by atoms with Gasteiger partial charge in [0.05, 0.1) is 4.90 Å². The van der Waals surface area contributed by atoms with Gasteiger partial charge in [-0.1, -0.05) is 24.3 Å². The van der Waals surface area contributed by atoms with E-state index >= 15 is 0 Å². The normalized spacial score (nSPS) is 12.2. The van der Waals surface area contributed by atoms with Gasteiger partial charge >= 0.3 is 6.18 Å². The Morgan fingerprint density at radius 3 is 2.22 bits per heavy atom. The Balaban J connectivity index is 2.12. The lowest BCUT2D eigenvalue weighted by atomic mass is 10.1. The van der Waals surface area contributed by atoms with Crippen molar-refractivity contribution in [1.82, 2.24) is 9.62 Å². The van der Waals surface area contributed by atoms with Gasteiger partial charge in [-0.3, -0.25) is 4.79 Å². The molecule has 0 spiro atoms. The van der Waals surface area contributed by atoms with Crippen molar-refractivity contribution in [3.63, 3.8) is 0 Å². The quantitative estimate of drug-likeness (QED) is 0.810. The van der Waals surface area contributed by atoms with Crippen molar-refractivity contribution in [2.24, 2.45) is 0 Å². The number of amides is 1. The summed E-state index contributed by atoms with van der Waals surface area (Å²) in [4.78, 5) is 11.6. The van der Waals surface area contributed by atoms with Crippen LogP contribution in [0.25, 0.3) is 0 Å². The third-order valence-electron chi connectivity index (χ3n) is 3.93. The topological polar surface area (TPSA) is 66.5 Å². The average Bonchev–Trinajstić information content (AvgIpc) is 2.61. The van der Waals surface area contributed by atoms with Crippen molar-refractivity contribution < 1.29 is 26.4 Å². The third kappa shape index (κ3) is 5.54. The monoisotopic (exact) mass is 400 g/mol. The standard InChI is InChI=1S/C18H19F3N2O3S/c1-13-5-3-4-6-15(13)11-23(2)27(25,26)16-9-7-14(8-10-16)17(24)22-12-18(19,20)21/h3-10H,11-12H2,1-2H3,(H,22,24). The first-order chi connectivity index (χ1) is 12.5. The Morgan fingerprint density at radius 2 is 1.67 bits per heavy atom. The average molecular weight is 400 g/mol. The molecule has 0 fully saturated rings. The molecule has 0 saturated heterocycles. The van der Waals surface area contributed by atoms with Gasteiger partial charge < -0.3 is 5.32 Å². The maximum atomic E-state index is 12.7. The third-order valence-corrected chi connectivity index (χ3v) is 5.75. The highest BCUT2D eigenvalue weighted by Gasteiger charge is 2.28. The van der Waals surface area contributed by atoms with Crippen LogP contribution >= 0.6 is 0 Å². The van der Waals surface area contributed by atoms with Crippen LogP contribution in [-0.4, -0.2) is 38.4 Å². The number of sulfonamides is 1. The molecule has 27 heavy (non-hydrogen) atoms. The number of hydrogen-bond donors (Lipinski definition) is 1. The van der Waals surface area contributed by atoms with Crippen molar-refractivity contribution in [2.45, 2.75) is 24.5 Å². The number of aryl methyl sites for hydroxylation is 1. The van der Waals surface area contributed by atoms with E-state index in [1.807, 2.05) is 31.2 Å². The van der Waals surface area contributed by atoms with E-state index in [2.05, 4.69) is 0 Å². The van der Waals surface area contributed by atoms with Crippen LogP contribution in [-0.2, 0) is 16.6 Å². The van der Waals surface area contributed by atoms with E-state index in [1.165, 1.54) is 35.6 Å². The molecule has 2 rings (SSSR count). The number of nitrogens with one attached hydrogen (secondary N) is 1. The van der Waals surface area contributed by atoms with Gasteiger partial charge in [0.2, 0.25) is 10.0 Å². The highest BCUT2D eigenvalue weighted by atomic mass is 32.2. The molecule has 1 N–H and O–H groups in total. The number of halogens is 3.